The number of halogens is 1. The largest absolute Gasteiger partial charge is 0.478 e. The molecule has 1 N–H and O–H groups in total. The minimum atomic E-state index is -0.961. The molecule has 0 radical (unpaired) electrons. The number of carboxylic acid groups (broad SMARTS) is 1. The Morgan fingerprint density at radius 3 is 2.57 bits per heavy atom. The summed E-state index contributed by atoms with van der Waals surface area (Å²) in [4.78, 5) is 40.3. The maximum atomic E-state index is 13.4. The Balaban J connectivity index is 1.13. The van der Waals surface area contributed by atoms with Crippen molar-refractivity contribution in [3.63, 3.8) is 0 Å². The highest BCUT2D eigenvalue weighted by atomic mass is 35.5. The second-order valence-corrected chi connectivity index (χ2v) is 11.3. The normalized spacial score (nSPS) is 17.3. The van der Waals surface area contributed by atoms with Gasteiger partial charge in [-0.3, -0.25) is 14.7 Å². The van der Waals surface area contributed by atoms with E-state index in [0.717, 1.165) is 46.8 Å². The molecule has 2 saturated heterocycles. The third kappa shape index (κ3) is 5.70. The molecule has 10 nitrogen and oxygen atoms in total. The predicted octanol–water partition coefficient (Wildman–Crippen LogP) is 4.61. The summed E-state index contributed by atoms with van der Waals surface area (Å²) in [5, 5.41) is 10.1. The van der Waals surface area contributed by atoms with Crippen LogP contribution in [0.3, 0.4) is 0 Å². The van der Waals surface area contributed by atoms with Crippen LogP contribution in [0.25, 0.3) is 11.0 Å². The molecule has 2 aromatic heterocycles. The summed E-state index contributed by atoms with van der Waals surface area (Å²) < 4.78 is 7.77. The molecular formula is C31H33ClN6O4. The van der Waals surface area contributed by atoms with Gasteiger partial charge in [0.15, 0.2) is 0 Å². The van der Waals surface area contributed by atoms with Crippen LogP contribution in [0.5, 0.6) is 0 Å². The van der Waals surface area contributed by atoms with Gasteiger partial charge in [-0.25, -0.2) is 9.78 Å². The molecule has 1 amide bonds. The summed E-state index contributed by atoms with van der Waals surface area (Å²) in [7, 11) is 1.92. The fraction of sp³-hybridized carbons (Fsp3) is 0.355. The number of aryl methyl sites for hydroxylation is 1. The van der Waals surface area contributed by atoms with E-state index in [1.807, 2.05) is 48.0 Å². The molecule has 0 unspecified atom stereocenters. The number of aromatic carboxylic acids is 1. The lowest BCUT2D eigenvalue weighted by Gasteiger charge is -2.35. The molecular weight excluding hydrogens is 556 g/mol. The number of aromatic nitrogens is 3. The van der Waals surface area contributed by atoms with Crippen LogP contribution in [0, 0.1) is 6.92 Å². The fourth-order valence-electron chi connectivity index (χ4n) is 5.50. The number of piperazine rings is 1. The molecule has 218 valence electrons. The molecule has 42 heavy (non-hydrogen) atoms. The van der Waals surface area contributed by atoms with Crippen LogP contribution < -0.4 is 4.90 Å². The van der Waals surface area contributed by atoms with Crippen molar-refractivity contribution in [3.05, 3.63) is 82.4 Å². The summed E-state index contributed by atoms with van der Waals surface area (Å²) in [6, 6.07) is 14.6. The zero-order valence-corrected chi connectivity index (χ0v) is 24.4. The molecule has 0 aliphatic carbocycles. The number of rotatable bonds is 8. The molecule has 0 bridgehead atoms. The van der Waals surface area contributed by atoms with Crippen molar-refractivity contribution in [2.24, 2.45) is 0 Å². The van der Waals surface area contributed by atoms with Gasteiger partial charge in [0.25, 0.3) is 5.91 Å². The summed E-state index contributed by atoms with van der Waals surface area (Å²) in [5.74, 6) is -0.192. The highest BCUT2D eigenvalue weighted by Crippen LogP contribution is 2.31. The third-order valence-corrected chi connectivity index (χ3v) is 8.40. The van der Waals surface area contributed by atoms with Gasteiger partial charge in [0.05, 0.1) is 46.5 Å². The Morgan fingerprint density at radius 1 is 1.10 bits per heavy atom. The zero-order valence-electron chi connectivity index (χ0n) is 23.7. The van der Waals surface area contributed by atoms with Gasteiger partial charge in [-0.05, 0) is 61.4 Å². The van der Waals surface area contributed by atoms with E-state index >= 15 is 0 Å². The number of carboxylic acids is 1. The topological polar surface area (TPSA) is 104 Å². The SMILES string of the molecule is Cc1ccc(N(C)c2ccnc(C(=O)N3CCN(Cc4nc5ccc(C(=O)O)cc5n4C[C@@H]4CCO4)CC3)c2)c(Cl)c1. The van der Waals surface area contributed by atoms with Gasteiger partial charge in [0.2, 0.25) is 0 Å². The van der Waals surface area contributed by atoms with E-state index < -0.39 is 5.97 Å². The maximum Gasteiger partial charge on any atom is 0.335 e. The number of carbonyl (C=O) groups excluding carboxylic acids is 1. The lowest BCUT2D eigenvalue weighted by molar-refractivity contribution is -0.0592. The van der Waals surface area contributed by atoms with Crippen LogP contribution >= 0.6 is 11.6 Å². The Bertz CT molecular complexity index is 1640. The first-order valence-corrected chi connectivity index (χ1v) is 14.5. The molecule has 2 fully saturated rings. The van der Waals surface area contributed by atoms with Gasteiger partial charge >= 0.3 is 5.97 Å². The van der Waals surface area contributed by atoms with E-state index in [9.17, 15) is 14.7 Å². The first kappa shape index (κ1) is 28.1. The van der Waals surface area contributed by atoms with Crippen LogP contribution in [0.4, 0.5) is 11.4 Å². The van der Waals surface area contributed by atoms with Crippen molar-refractivity contribution < 1.29 is 19.4 Å². The number of nitrogens with zero attached hydrogens (tertiary/aromatic N) is 6. The van der Waals surface area contributed by atoms with Crippen molar-refractivity contribution in [2.45, 2.75) is 32.5 Å². The minimum Gasteiger partial charge on any atom is -0.478 e. The molecule has 0 saturated carbocycles. The molecule has 0 spiro atoms. The number of fused-ring (bicyclic) bond motifs is 1. The van der Waals surface area contributed by atoms with E-state index in [4.69, 9.17) is 21.3 Å². The van der Waals surface area contributed by atoms with Crippen molar-refractivity contribution >= 4 is 45.9 Å². The smallest absolute Gasteiger partial charge is 0.335 e. The average molecular weight is 589 g/mol. The lowest BCUT2D eigenvalue weighted by atomic mass is 10.1. The molecule has 4 aromatic rings. The fourth-order valence-corrected chi connectivity index (χ4v) is 5.86. The van der Waals surface area contributed by atoms with Crippen LogP contribution in [0.1, 0.15) is 38.7 Å². The molecule has 11 heteroatoms. The van der Waals surface area contributed by atoms with Crippen LogP contribution in [-0.2, 0) is 17.8 Å². The number of carbonyl (C=O) groups is 2. The van der Waals surface area contributed by atoms with Gasteiger partial charge in [-0.2, -0.15) is 0 Å². The van der Waals surface area contributed by atoms with E-state index in [2.05, 4.69) is 14.5 Å². The Morgan fingerprint density at radius 2 is 1.88 bits per heavy atom. The monoisotopic (exact) mass is 588 g/mol. The van der Waals surface area contributed by atoms with Gasteiger partial charge in [0, 0.05) is 51.7 Å². The van der Waals surface area contributed by atoms with E-state index in [1.165, 1.54) is 0 Å². The number of anilines is 2. The Kier molecular flexibility index (Phi) is 7.85. The molecule has 2 aliphatic rings. The van der Waals surface area contributed by atoms with Gasteiger partial charge in [0.1, 0.15) is 11.5 Å². The van der Waals surface area contributed by atoms with Gasteiger partial charge in [-0.15, -0.1) is 0 Å². The first-order valence-electron chi connectivity index (χ1n) is 14.1. The summed E-state index contributed by atoms with van der Waals surface area (Å²) in [6.45, 7) is 6.49. The highest BCUT2D eigenvalue weighted by molar-refractivity contribution is 6.33. The molecule has 4 heterocycles. The summed E-state index contributed by atoms with van der Waals surface area (Å²) >= 11 is 6.48. The standard InChI is InChI=1S/C31H33ClN6O4/c1-20-3-6-27(24(32)15-20)35(2)22-7-9-33-26(17-22)30(39)37-12-10-36(11-13-37)19-29-34-25-5-4-21(31(40)41)16-28(25)38(29)18-23-8-14-42-23/h3-7,9,15-17,23H,8,10-14,18-19H2,1-2H3,(H,40,41)/t23-/m0/s1. The van der Waals surface area contributed by atoms with Crippen LogP contribution in [-0.4, -0.2) is 87.3 Å². The number of amides is 1. The molecule has 1 atom stereocenters. The highest BCUT2D eigenvalue weighted by Gasteiger charge is 2.27. The van der Waals surface area contributed by atoms with Crippen molar-refractivity contribution in [3.8, 4) is 0 Å². The maximum absolute atomic E-state index is 13.4. The first-order chi connectivity index (χ1) is 20.3. The Hall–Kier alpha value is -3.99. The lowest BCUT2D eigenvalue weighted by Crippen LogP contribution is -2.48. The summed E-state index contributed by atoms with van der Waals surface area (Å²) in [5.41, 5.74) is 4.98. The molecule has 6 rings (SSSR count). The number of hydrogen-bond donors (Lipinski definition) is 1. The van der Waals surface area contributed by atoms with Crippen molar-refractivity contribution in [2.75, 3.05) is 44.7 Å². The van der Waals surface area contributed by atoms with Crippen molar-refractivity contribution in [1.82, 2.24) is 24.3 Å². The third-order valence-electron chi connectivity index (χ3n) is 8.09. The van der Waals surface area contributed by atoms with E-state index in [-0.39, 0.29) is 17.6 Å². The number of benzene rings is 2. The number of imidazole rings is 1. The Labute approximate surface area is 249 Å². The van der Waals surface area contributed by atoms with Crippen molar-refractivity contribution in [1.29, 1.82) is 0 Å². The van der Waals surface area contributed by atoms with Crippen LogP contribution in [0.2, 0.25) is 5.02 Å². The summed E-state index contributed by atoms with van der Waals surface area (Å²) in [6.07, 6.45) is 2.74. The quantitative estimate of drug-likeness (QED) is 0.318. The van der Waals surface area contributed by atoms with Gasteiger partial charge in [-0.1, -0.05) is 17.7 Å². The van der Waals surface area contributed by atoms with Gasteiger partial charge < -0.3 is 24.2 Å². The zero-order chi connectivity index (χ0) is 29.4. The number of ether oxygens (including phenoxy) is 1. The van der Waals surface area contributed by atoms with E-state index in [1.54, 1.807) is 30.5 Å². The minimum absolute atomic E-state index is 0.101. The number of hydrogen-bond acceptors (Lipinski definition) is 7. The molecule has 2 aromatic carbocycles. The van der Waals surface area contributed by atoms with E-state index in [0.29, 0.717) is 50.0 Å². The van der Waals surface area contributed by atoms with Crippen LogP contribution in [0.15, 0.2) is 54.7 Å². The predicted molar refractivity (Wildman–Crippen MR) is 161 cm³/mol. The number of pyridine rings is 1. The molecule has 2 aliphatic heterocycles. The average Bonchev–Trinajstić information content (AvgIpc) is 3.30. The second-order valence-electron chi connectivity index (χ2n) is 10.9. The second kappa shape index (κ2) is 11.7.